The highest BCUT2D eigenvalue weighted by Gasteiger charge is 2.24. The van der Waals surface area contributed by atoms with Crippen LogP contribution < -0.4 is 4.72 Å². The monoisotopic (exact) mass is 316 g/mol. The molecule has 1 unspecified atom stereocenters. The number of benzene rings is 1. The topological polar surface area (TPSA) is 49.4 Å². The first-order valence-corrected chi connectivity index (χ1v) is 8.89. The number of nitrogens with one attached hydrogen (secondary N) is 1. The van der Waals surface area contributed by atoms with Crippen molar-refractivity contribution in [2.24, 2.45) is 0 Å². The molecule has 6 heteroatoms. The molecule has 0 spiro atoms. The van der Waals surface area contributed by atoms with Crippen LogP contribution in [0.5, 0.6) is 0 Å². The van der Waals surface area contributed by atoms with Crippen LogP contribution in [-0.2, 0) is 10.2 Å². The summed E-state index contributed by atoms with van der Waals surface area (Å²) in [4.78, 5) is 0. The predicted molar refractivity (Wildman–Crippen MR) is 83.3 cm³/mol. The fourth-order valence-electron chi connectivity index (χ4n) is 2.42. The van der Waals surface area contributed by atoms with Gasteiger partial charge in [0.15, 0.2) is 0 Å². The average molecular weight is 317 g/mol. The standard InChI is InChI=1S/C14H21ClN2O2S/c1-12(15)13-8-4-5-9-14(13)16-20(18,19)17-10-6-2-3-7-11-17/h4-5,8-9,12,16H,2-3,6-7,10-11H2,1H3. The van der Waals surface area contributed by atoms with Crippen LogP contribution in [0.25, 0.3) is 0 Å². The van der Waals surface area contributed by atoms with Gasteiger partial charge in [0.25, 0.3) is 0 Å². The molecule has 20 heavy (non-hydrogen) atoms. The van der Waals surface area contributed by atoms with E-state index in [1.807, 2.05) is 25.1 Å². The third-order valence-electron chi connectivity index (χ3n) is 3.53. The van der Waals surface area contributed by atoms with Crippen molar-refractivity contribution < 1.29 is 8.42 Å². The van der Waals surface area contributed by atoms with Gasteiger partial charge < -0.3 is 0 Å². The second-order valence-electron chi connectivity index (χ2n) is 5.12. The van der Waals surface area contributed by atoms with Crippen LogP contribution in [0.3, 0.4) is 0 Å². The zero-order valence-corrected chi connectivity index (χ0v) is 13.3. The van der Waals surface area contributed by atoms with Crippen LogP contribution in [0.15, 0.2) is 24.3 Å². The van der Waals surface area contributed by atoms with Gasteiger partial charge in [0.2, 0.25) is 0 Å². The fourth-order valence-corrected chi connectivity index (χ4v) is 3.94. The van der Waals surface area contributed by atoms with Crippen molar-refractivity contribution in [2.45, 2.75) is 38.0 Å². The molecule has 0 bridgehead atoms. The maximum atomic E-state index is 12.5. The van der Waals surface area contributed by atoms with Gasteiger partial charge in [0.05, 0.1) is 11.1 Å². The lowest BCUT2D eigenvalue weighted by molar-refractivity contribution is 0.427. The van der Waals surface area contributed by atoms with E-state index in [2.05, 4.69) is 4.72 Å². The summed E-state index contributed by atoms with van der Waals surface area (Å²) in [5.41, 5.74) is 1.37. The average Bonchev–Trinajstić information content (AvgIpc) is 2.68. The first kappa shape index (κ1) is 15.6. The van der Waals surface area contributed by atoms with Crippen LogP contribution in [0.1, 0.15) is 43.5 Å². The zero-order chi connectivity index (χ0) is 14.6. The molecule has 1 fully saturated rings. The molecule has 0 saturated carbocycles. The van der Waals surface area contributed by atoms with Gasteiger partial charge in [-0.1, -0.05) is 31.0 Å². The number of alkyl halides is 1. The maximum Gasteiger partial charge on any atom is 0.301 e. The summed E-state index contributed by atoms with van der Waals surface area (Å²) in [6.45, 7) is 3.02. The smallest absolute Gasteiger partial charge is 0.271 e. The Labute approximate surface area is 126 Å². The van der Waals surface area contributed by atoms with Crippen molar-refractivity contribution in [1.82, 2.24) is 4.31 Å². The van der Waals surface area contributed by atoms with Crippen molar-refractivity contribution in [3.8, 4) is 0 Å². The molecule has 0 radical (unpaired) electrons. The Morgan fingerprint density at radius 1 is 1.15 bits per heavy atom. The van der Waals surface area contributed by atoms with Gasteiger partial charge in [-0.2, -0.15) is 12.7 Å². The van der Waals surface area contributed by atoms with Crippen molar-refractivity contribution in [2.75, 3.05) is 17.8 Å². The molecule has 1 aromatic rings. The molecule has 4 nitrogen and oxygen atoms in total. The maximum absolute atomic E-state index is 12.5. The largest absolute Gasteiger partial charge is 0.301 e. The molecule has 2 rings (SSSR count). The summed E-state index contributed by atoms with van der Waals surface area (Å²) in [5.74, 6) is 0. The summed E-state index contributed by atoms with van der Waals surface area (Å²) in [7, 11) is -3.49. The molecule has 1 atom stereocenters. The third kappa shape index (κ3) is 3.87. The third-order valence-corrected chi connectivity index (χ3v) is 5.29. The summed E-state index contributed by atoms with van der Waals surface area (Å²) in [6.07, 6.45) is 4.05. The van der Waals surface area contributed by atoms with Crippen LogP contribution >= 0.6 is 11.6 Å². The number of halogens is 1. The Kier molecular flexibility index (Phi) is 5.29. The fraction of sp³-hybridized carbons (Fsp3) is 0.571. The van der Waals surface area contributed by atoms with E-state index in [-0.39, 0.29) is 5.38 Å². The van der Waals surface area contributed by atoms with E-state index in [0.29, 0.717) is 18.8 Å². The number of hydrogen-bond acceptors (Lipinski definition) is 2. The van der Waals surface area contributed by atoms with Gasteiger partial charge in [-0.25, -0.2) is 0 Å². The normalized spacial score (nSPS) is 19.3. The molecule has 0 aliphatic carbocycles. The van der Waals surface area contributed by atoms with E-state index < -0.39 is 10.2 Å². The van der Waals surface area contributed by atoms with Crippen LogP contribution in [0.4, 0.5) is 5.69 Å². The van der Waals surface area contributed by atoms with E-state index in [0.717, 1.165) is 31.2 Å². The van der Waals surface area contributed by atoms with Crippen LogP contribution in [0, 0.1) is 0 Å². The molecule has 1 aliphatic rings. The quantitative estimate of drug-likeness (QED) is 0.864. The van der Waals surface area contributed by atoms with Crippen molar-refractivity contribution in [3.05, 3.63) is 29.8 Å². The second-order valence-corrected chi connectivity index (χ2v) is 7.45. The van der Waals surface area contributed by atoms with E-state index in [4.69, 9.17) is 11.6 Å². The number of anilines is 1. The van der Waals surface area contributed by atoms with Crippen molar-refractivity contribution in [3.63, 3.8) is 0 Å². The molecule has 0 amide bonds. The van der Waals surface area contributed by atoms with E-state index in [1.165, 1.54) is 4.31 Å². The van der Waals surface area contributed by atoms with Crippen molar-refractivity contribution in [1.29, 1.82) is 0 Å². The number of hydrogen-bond donors (Lipinski definition) is 1. The molecule has 1 aliphatic heterocycles. The van der Waals surface area contributed by atoms with E-state index in [9.17, 15) is 8.42 Å². The Balaban J connectivity index is 2.19. The van der Waals surface area contributed by atoms with Gasteiger partial charge in [0, 0.05) is 13.1 Å². The molecule has 1 heterocycles. The van der Waals surface area contributed by atoms with Gasteiger partial charge in [-0.15, -0.1) is 11.6 Å². The minimum absolute atomic E-state index is 0.238. The zero-order valence-electron chi connectivity index (χ0n) is 11.7. The van der Waals surface area contributed by atoms with Crippen molar-refractivity contribution >= 4 is 27.5 Å². The van der Waals surface area contributed by atoms with Gasteiger partial charge in [-0.3, -0.25) is 4.72 Å². The van der Waals surface area contributed by atoms with Crippen LogP contribution in [0.2, 0.25) is 0 Å². The molecule has 1 N–H and O–H groups in total. The Morgan fingerprint density at radius 3 is 2.35 bits per heavy atom. The highest BCUT2D eigenvalue weighted by Crippen LogP contribution is 2.28. The van der Waals surface area contributed by atoms with Gasteiger partial charge in [0.1, 0.15) is 0 Å². The number of nitrogens with zero attached hydrogens (tertiary/aromatic N) is 1. The van der Waals surface area contributed by atoms with Crippen LogP contribution in [-0.4, -0.2) is 25.8 Å². The molecule has 0 aromatic heterocycles. The number of rotatable bonds is 4. The Morgan fingerprint density at radius 2 is 1.75 bits per heavy atom. The minimum atomic E-state index is -3.49. The number of para-hydroxylation sites is 1. The lowest BCUT2D eigenvalue weighted by atomic mass is 10.1. The van der Waals surface area contributed by atoms with E-state index in [1.54, 1.807) is 6.07 Å². The SMILES string of the molecule is CC(Cl)c1ccccc1NS(=O)(=O)N1CCCCCC1. The lowest BCUT2D eigenvalue weighted by Gasteiger charge is -2.22. The van der Waals surface area contributed by atoms with Gasteiger partial charge in [-0.05, 0) is 31.4 Å². The summed E-state index contributed by atoms with van der Waals surface area (Å²) >= 11 is 6.10. The first-order valence-electron chi connectivity index (χ1n) is 7.01. The summed E-state index contributed by atoms with van der Waals surface area (Å²) in [6, 6.07) is 7.27. The lowest BCUT2D eigenvalue weighted by Crippen LogP contribution is -2.36. The molecular formula is C14H21ClN2O2S. The molecule has 112 valence electrons. The summed E-state index contributed by atoms with van der Waals surface area (Å²) in [5, 5.41) is -0.238. The molecule has 1 saturated heterocycles. The predicted octanol–water partition coefficient (Wildman–Crippen LogP) is 3.52. The second kappa shape index (κ2) is 6.78. The van der Waals surface area contributed by atoms with E-state index >= 15 is 0 Å². The van der Waals surface area contributed by atoms with Gasteiger partial charge >= 0.3 is 10.2 Å². The minimum Gasteiger partial charge on any atom is -0.271 e. The highest BCUT2D eigenvalue weighted by atomic mass is 35.5. The first-order chi connectivity index (χ1) is 9.50. The summed E-state index contributed by atoms with van der Waals surface area (Å²) < 4.78 is 29.1. The molecule has 1 aromatic carbocycles. The Bertz CT molecular complexity index is 538. The molecular weight excluding hydrogens is 296 g/mol. The Hall–Kier alpha value is -0.780. The highest BCUT2D eigenvalue weighted by molar-refractivity contribution is 7.90.